The van der Waals surface area contributed by atoms with Gasteiger partial charge >= 0.3 is 0 Å². The van der Waals surface area contributed by atoms with Crippen LogP contribution in [0.3, 0.4) is 0 Å². The number of aliphatic imine (C=N–C) groups is 1. The summed E-state index contributed by atoms with van der Waals surface area (Å²) in [6.07, 6.45) is 0. The molecular formula is C19H32FN5. The maximum absolute atomic E-state index is 13.0. The first-order valence-corrected chi connectivity index (χ1v) is 9.17. The van der Waals surface area contributed by atoms with Crippen molar-refractivity contribution in [2.24, 2.45) is 4.99 Å². The molecule has 140 valence electrons. The summed E-state index contributed by atoms with van der Waals surface area (Å²) < 4.78 is 13.0. The molecule has 1 aromatic carbocycles. The van der Waals surface area contributed by atoms with Crippen LogP contribution < -0.4 is 15.5 Å². The molecule has 0 bridgehead atoms. The van der Waals surface area contributed by atoms with Gasteiger partial charge < -0.3 is 15.5 Å². The van der Waals surface area contributed by atoms with E-state index in [0.717, 1.165) is 57.5 Å². The van der Waals surface area contributed by atoms with Gasteiger partial charge in [0.15, 0.2) is 5.96 Å². The number of hydrogen-bond donors (Lipinski definition) is 2. The third-order valence-corrected chi connectivity index (χ3v) is 4.09. The standard InChI is InChI=1S/C19H32FN5/c1-5-21-18(23-19(2,3)4)22-10-11-24-12-14-25(15-13-24)17-8-6-16(20)7-9-17/h6-9H,5,10-15H2,1-4H3,(H2,21,22,23). The number of benzene rings is 1. The molecule has 1 saturated heterocycles. The van der Waals surface area contributed by atoms with E-state index in [-0.39, 0.29) is 11.4 Å². The van der Waals surface area contributed by atoms with E-state index in [9.17, 15) is 4.39 Å². The summed E-state index contributed by atoms with van der Waals surface area (Å²) in [7, 11) is 0. The molecule has 5 nitrogen and oxygen atoms in total. The van der Waals surface area contributed by atoms with Gasteiger partial charge in [-0.1, -0.05) is 0 Å². The summed E-state index contributed by atoms with van der Waals surface area (Å²) in [5.41, 5.74) is 1.10. The van der Waals surface area contributed by atoms with Gasteiger partial charge in [0.1, 0.15) is 5.82 Å². The summed E-state index contributed by atoms with van der Waals surface area (Å²) in [6, 6.07) is 6.77. The fraction of sp³-hybridized carbons (Fsp3) is 0.632. The number of rotatable bonds is 5. The lowest BCUT2D eigenvalue weighted by molar-refractivity contribution is 0.265. The molecule has 1 aliphatic rings. The highest BCUT2D eigenvalue weighted by atomic mass is 19.1. The van der Waals surface area contributed by atoms with Crippen molar-refractivity contribution in [1.82, 2.24) is 15.5 Å². The molecule has 2 rings (SSSR count). The van der Waals surface area contributed by atoms with Crippen LogP contribution in [0.2, 0.25) is 0 Å². The van der Waals surface area contributed by atoms with E-state index < -0.39 is 0 Å². The first-order valence-electron chi connectivity index (χ1n) is 9.17. The van der Waals surface area contributed by atoms with Crippen molar-refractivity contribution in [1.29, 1.82) is 0 Å². The Hall–Kier alpha value is -1.82. The van der Waals surface area contributed by atoms with Crippen LogP contribution in [-0.2, 0) is 0 Å². The highest BCUT2D eigenvalue weighted by Crippen LogP contribution is 2.16. The zero-order valence-electron chi connectivity index (χ0n) is 16.0. The molecule has 25 heavy (non-hydrogen) atoms. The Morgan fingerprint density at radius 2 is 1.76 bits per heavy atom. The molecule has 0 aliphatic carbocycles. The van der Waals surface area contributed by atoms with E-state index in [0.29, 0.717) is 0 Å². The fourth-order valence-electron chi connectivity index (χ4n) is 2.85. The quantitative estimate of drug-likeness (QED) is 0.632. The Kier molecular flexibility index (Phi) is 7.05. The monoisotopic (exact) mass is 349 g/mol. The van der Waals surface area contributed by atoms with Gasteiger partial charge in [-0.15, -0.1) is 0 Å². The Morgan fingerprint density at radius 1 is 1.12 bits per heavy atom. The van der Waals surface area contributed by atoms with Gasteiger partial charge in [-0.2, -0.15) is 0 Å². The van der Waals surface area contributed by atoms with Crippen LogP contribution in [-0.4, -0.2) is 62.2 Å². The number of halogens is 1. The van der Waals surface area contributed by atoms with Crippen molar-refractivity contribution >= 4 is 11.6 Å². The molecule has 0 atom stereocenters. The van der Waals surface area contributed by atoms with Crippen molar-refractivity contribution in [3.8, 4) is 0 Å². The number of nitrogens with one attached hydrogen (secondary N) is 2. The molecule has 0 saturated carbocycles. The minimum absolute atomic E-state index is 0.00177. The van der Waals surface area contributed by atoms with Crippen LogP contribution in [0.4, 0.5) is 10.1 Å². The second-order valence-corrected chi connectivity index (χ2v) is 7.44. The van der Waals surface area contributed by atoms with Crippen LogP contribution in [0, 0.1) is 5.82 Å². The van der Waals surface area contributed by atoms with Crippen molar-refractivity contribution < 1.29 is 4.39 Å². The average Bonchev–Trinajstić information content (AvgIpc) is 2.55. The van der Waals surface area contributed by atoms with Crippen LogP contribution in [0.5, 0.6) is 0 Å². The highest BCUT2D eigenvalue weighted by molar-refractivity contribution is 5.80. The lowest BCUT2D eigenvalue weighted by Crippen LogP contribution is -2.49. The largest absolute Gasteiger partial charge is 0.369 e. The minimum atomic E-state index is -0.180. The Morgan fingerprint density at radius 3 is 2.32 bits per heavy atom. The number of hydrogen-bond acceptors (Lipinski definition) is 3. The molecule has 1 heterocycles. The van der Waals surface area contributed by atoms with Crippen LogP contribution in [0.25, 0.3) is 0 Å². The van der Waals surface area contributed by atoms with Crippen molar-refractivity contribution in [2.45, 2.75) is 33.2 Å². The van der Waals surface area contributed by atoms with Crippen molar-refractivity contribution in [3.63, 3.8) is 0 Å². The summed E-state index contributed by atoms with van der Waals surface area (Å²) in [5.74, 6) is 0.695. The number of nitrogens with zero attached hydrogens (tertiary/aromatic N) is 3. The topological polar surface area (TPSA) is 42.9 Å². The predicted octanol–water partition coefficient (Wildman–Crippen LogP) is 2.30. The van der Waals surface area contributed by atoms with Crippen LogP contribution in [0.15, 0.2) is 29.3 Å². The lowest BCUT2D eigenvalue weighted by atomic mass is 10.1. The van der Waals surface area contributed by atoms with E-state index in [1.54, 1.807) is 0 Å². The summed E-state index contributed by atoms with van der Waals surface area (Å²) in [4.78, 5) is 9.42. The molecular weight excluding hydrogens is 317 g/mol. The molecule has 0 unspecified atom stereocenters. The smallest absolute Gasteiger partial charge is 0.191 e. The average molecular weight is 349 g/mol. The van der Waals surface area contributed by atoms with Gasteiger partial charge in [-0.05, 0) is 52.0 Å². The highest BCUT2D eigenvalue weighted by Gasteiger charge is 2.17. The third kappa shape index (κ3) is 6.90. The van der Waals surface area contributed by atoms with Crippen LogP contribution in [0.1, 0.15) is 27.7 Å². The van der Waals surface area contributed by atoms with Crippen molar-refractivity contribution in [3.05, 3.63) is 30.1 Å². The lowest BCUT2D eigenvalue weighted by Gasteiger charge is -2.36. The second kappa shape index (κ2) is 9.04. The van der Waals surface area contributed by atoms with Gasteiger partial charge in [0, 0.05) is 50.5 Å². The Balaban J connectivity index is 1.77. The van der Waals surface area contributed by atoms with E-state index >= 15 is 0 Å². The molecule has 0 aromatic heterocycles. The first kappa shape index (κ1) is 19.5. The maximum atomic E-state index is 13.0. The predicted molar refractivity (Wildman–Crippen MR) is 104 cm³/mol. The SMILES string of the molecule is CCNC(=NCCN1CCN(c2ccc(F)cc2)CC1)NC(C)(C)C. The molecule has 0 amide bonds. The number of piperazine rings is 1. The number of anilines is 1. The molecule has 0 spiro atoms. The van der Waals surface area contributed by atoms with E-state index in [1.165, 1.54) is 12.1 Å². The summed E-state index contributed by atoms with van der Waals surface area (Å²) in [6.45, 7) is 15.0. The Bertz CT molecular complexity index is 542. The molecule has 1 aliphatic heterocycles. The van der Waals surface area contributed by atoms with Gasteiger partial charge in [-0.25, -0.2) is 4.39 Å². The van der Waals surface area contributed by atoms with Gasteiger partial charge in [0.2, 0.25) is 0 Å². The minimum Gasteiger partial charge on any atom is -0.369 e. The fourth-order valence-corrected chi connectivity index (χ4v) is 2.85. The first-order chi connectivity index (χ1) is 11.9. The normalized spacial score (nSPS) is 16.8. The molecule has 1 aromatic rings. The summed E-state index contributed by atoms with van der Waals surface area (Å²) >= 11 is 0. The molecule has 2 N–H and O–H groups in total. The molecule has 1 fully saturated rings. The van der Waals surface area contributed by atoms with Gasteiger partial charge in [-0.3, -0.25) is 9.89 Å². The van der Waals surface area contributed by atoms with E-state index in [4.69, 9.17) is 0 Å². The van der Waals surface area contributed by atoms with Gasteiger partial charge in [0.25, 0.3) is 0 Å². The van der Waals surface area contributed by atoms with Gasteiger partial charge in [0.05, 0.1) is 6.54 Å². The van der Waals surface area contributed by atoms with E-state index in [1.807, 2.05) is 12.1 Å². The third-order valence-electron chi connectivity index (χ3n) is 4.09. The van der Waals surface area contributed by atoms with Crippen molar-refractivity contribution in [2.75, 3.05) is 50.7 Å². The summed E-state index contributed by atoms with van der Waals surface area (Å²) in [5, 5.41) is 6.70. The van der Waals surface area contributed by atoms with E-state index in [2.05, 4.69) is 53.1 Å². The zero-order chi connectivity index (χ0) is 18.3. The van der Waals surface area contributed by atoms with Crippen LogP contribution >= 0.6 is 0 Å². The zero-order valence-corrected chi connectivity index (χ0v) is 16.0. The second-order valence-electron chi connectivity index (χ2n) is 7.44. The Labute approximate surface area is 151 Å². The number of guanidine groups is 1. The molecule has 6 heteroatoms. The molecule has 0 radical (unpaired) electrons. The maximum Gasteiger partial charge on any atom is 0.191 e.